The highest BCUT2D eigenvalue weighted by molar-refractivity contribution is 7.98. The number of halogens is 2. The molecule has 0 aromatic heterocycles. The fraction of sp³-hybridized carbons (Fsp3) is 0.350. The lowest BCUT2D eigenvalue weighted by Gasteiger charge is -2.22. The number of amides is 1. The Labute approximate surface area is 209 Å². The molecule has 0 heterocycles. The molecule has 0 fully saturated rings. The van der Waals surface area contributed by atoms with Gasteiger partial charge in [0.1, 0.15) is 6.54 Å². The molecule has 2 rings (SSSR count). The summed E-state index contributed by atoms with van der Waals surface area (Å²) in [6, 6.07) is 10.6. The Kier molecular flexibility index (Phi) is 9.89. The van der Waals surface area contributed by atoms with Gasteiger partial charge in [-0.25, -0.2) is 21.1 Å². The number of nitrogens with one attached hydrogen (secondary N) is 1. The summed E-state index contributed by atoms with van der Waals surface area (Å²) in [6.45, 7) is -0.0847. The molecule has 0 bridgehead atoms. The maximum atomic E-state index is 12.3. The SMILES string of the molecule is CN(C)S(=O)(=O)c1ccc(N(CC(=O)NCCSCc2ccc(Cl)cc2Cl)S(C)(=O)=O)cc1. The van der Waals surface area contributed by atoms with Crippen LogP contribution in [0.1, 0.15) is 5.56 Å². The summed E-state index contributed by atoms with van der Waals surface area (Å²) in [4.78, 5) is 12.4. The smallest absolute Gasteiger partial charge is 0.242 e. The van der Waals surface area contributed by atoms with Crippen LogP contribution in [0, 0.1) is 0 Å². The van der Waals surface area contributed by atoms with E-state index in [0.717, 1.165) is 20.4 Å². The van der Waals surface area contributed by atoms with Crippen LogP contribution in [0.25, 0.3) is 0 Å². The minimum Gasteiger partial charge on any atom is -0.354 e. The Morgan fingerprint density at radius 1 is 1.03 bits per heavy atom. The van der Waals surface area contributed by atoms with Gasteiger partial charge in [0.2, 0.25) is 26.0 Å². The van der Waals surface area contributed by atoms with Crippen molar-refractivity contribution in [2.75, 3.05) is 43.5 Å². The van der Waals surface area contributed by atoms with Gasteiger partial charge in [0.25, 0.3) is 0 Å². The molecule has 0 unspecified atom stereocenters. The molecule has 0 aliphatic heterocycles. The van der Waals surface area contributed by atoms with Gasteiger partial charge < -0.3 is 5.32 Å². The standard InChI is InChI=1S/C20H25Cl2N3O5S3/c1-24(2)33(29,30)18-8-6-17(7-9-18)25(32(3,27)28)13-20(26)23-10-11-31-14-15-4-5-16(21)12-19(15)22/h4-9,12H,10-11,13-14H2,1-3H3,(H,23,26). The van der Waals surface area contributed by atoms with Crippen LogP contribution in [0.3, 0.4) is 0 Å². The highest BCUT2D eigenvalue weighted by Gasteiger charge is 2.22. The molecule has 8 nitrogen and oxygen atoms in total. The van der Waals surface area contributed by atoms with Crippen molar-refractivity contribution in [3.63, 3.8) is 0 Å². The molecular formula is C20H25Cl2N3O5S3. The highest BCUT2D eigenvalue weighted by atomic mass is 35.5. The second-order valence-corrected chi connectivity index (χ2v) is 13.2. The number of thioether (sulfide) groups is 1. The van der Waals surface area contributed by atoms with Crippen molar-refractivity contribution in [1.82, 2.24) is 9.62 Å². The van der Waals surface area contributed by atoms with Crippen molar-refractivity contribution < 1.29 is 21.6 Å². The molecule has 1 N–H and O–H groups in total. The third-order valence-electron chi connectivity index (χ3n) is 4.43. The maximum absolute atomic E-state index is 12.3. The van der Waals surface area contributed by atoms with Crippen molar-refractivity contribution >= 4 is 66.6 Å². The van der Waals surface area contributed by atoms with Crippen LogP contribution in [0.15, 0.2) is 47.4 Å². The summed E-state index contributed by atoms with van der Waals surface area (Å²) in [7, 11) is -4.62. The average Bonchev–Trinajstić information content (AvgIpc) is 2.72. The van der Waals surface area contributed by atoms with Gasteiger partial charge in [-0.1, -0.05) is 29.3 Å². The summed E-state index contributed by atoms with van der Waals surface area (Å²) in [5.41, 5.74) is 1.12. The first-order valence-corrected chi connectivity index (χ1v) is 14.8. The predicted molar refractivity (Wildman–Crippen MR) is 135 cm³/mol. The number of carbonyl (C=O) groups excluding carboxylic acids is 1. The molecule has 182 valence electrons. The predicted octanol–water partition coefficient (Wildman–Crippen LogP) is 3.06. The van der Waals surface area contributed by atoms with E-state index >= 15 is 0 Å². The molecule has 0 saturated carbocycles. The Balaban J connectivity index is 1.94. The second-order valence-electron chi connectivity index (χ2n) is 7.19. The van der Waals surface area contributed by atoms with Gasteiger partial charge in [-0.15, -0.1) is 0 Å². The van der Waals surface area contributed by atoms with Gasteiger partial charge in [0.15, 0.2) is 0 Å². The van der Waals surface area contributed by atoms with Crippen molar-refractivity contribution in [1.29, 1.82) is 0 Å². The summed E-state index contributed by atoms with van der Waals surface area (Å²) in [5.74, 6) is 0.764. The monoisotopic (exact) mass is 553 g/mol. The number of rotatable bonds is 11. The first kappa shape index (κ1) is 27.7. The Morgan fingerprint density at radius 2 is 1.67 bits per heavy atom. The molecule has 2 aromatic carbocycles. The van der Waals surface area contributed by atoms with Crippen molar-refractivity contribution in [2.45, 2.75) is 10.6 Å². The third kappa shape index (κ3) is 8.04. The molecular weight excluding hydrogens is 529 g/mol. The summed E-state index contributed by atoms with van der Waals surface area (Å²) < 4.78 is 50.9. The Hall–Kier alpha value is -1.50. The third-order valence-corrected chi connectivity index (χ3v) is 9.00. The number of hydrogen-bond donors (Lipinski definition) is 1. The zero-order chi connectivity index (χ0) is 24.8. The van der Waals surface area contributed by atoms with E-state index in [0.29, 0.717) is 28.1 Å². The lowest BCUT2D eigenvalue weighted by molar-refractivity contribution is -0.119. The van der Waals surface area contributed by atoms with Crippen LogP contribution in [0.4, 0.5) is 5.69 Å². The molecule has 0 spiro atoms. The minimum absolute atomic E-state index is 0.0203. The Morgan fingerprint density at radius 3 is 2.21 bits per heavy atom. The quantitative estimate of drug-likeness (QED) is 0.429. The lowest BCUT2D eigenvalue weighted by Crippen LogP contribution is -2.41. The first-order chi connectivity index (χ1) is 15.3. The van der Waals surface area contributed by atoms with E-state index in [9.17, 15) is 21.6 Å². The van der Waals surface area contributed by atoms with Gasteiger partial charge in [-0.2, -0.15) is 11.8 Å². The highest BCUT2D eigenvalue weighted by Crippen LogP contribution is 2.25. The molecule has 0 saturated heterocycles. The molecule has 33 heavy (non-hydrogen) atoms. The van der Waals surface area contributed by atoms with E-state index in [1.54, 1.807) is 23.9 Å². The Bertz CT molecular complexity index is 1190. The zero-order valence-electron chi connectivity index (χ0n) is 18.3. The summed E-state index contributed by atoms with van der Waals surface area (Å²) in [6.07, 6.45) is 0.983. The number of anilines is 1. The zero-order valence-corrected chi connectivity index (χ0v) is 22.2. The van der Waals surface area contributed by atoms with Crippen LogP contribution >= 0.6 is 35.0 Å². The number of sulfonamides is 2. The lowest BCUT2D eigenvalue weighted by atomic mass is 10.2. The van der Waals surface area contributed by atoms with Crippen molar-refractivity contribution in [2.24, 2.45) is 0 Å². The molecule has 0 radical (unpaired) electrons. The molecule has 0 aliphatic carbocycles. The fourth-order valence-corrected chi connectivity index (χ4v) is 5.84. The molecule has 13 heteroatoms. The van der Waals surface area contributed by atoms with Crippen LogP contribution in [0.2, 0.25) is 10.0 Å². The number of carbonyl (C=O) groups is 1. The van der Waals surface area contributed by atoms with E-state index in [-0.39, 0.29) is 10.6 Å². The minimum atomic E-state index is -3.78. The van der Waals surface area contributed by atoms with Gasteiger partial charge in [0.05, 0.1) is 16.8 Å². The normalized spacial score (nSPS) is 12.1. The largest absolute Gasteiger partial charge is 0.354 e. The van der Waals surface area contributed by atoms with Gasteiger partial charge in [0, 0.05) is 42.2 Å². The molecule has 2 aromatic rings. The van der Waals surface area contributed by atoms with E-state index in [4.69, 9.17) is 23.2 Å². The van der Waals surface area contributed by atoms with E-state index < -0.39 is 32.5 Å². The average molecular weight is 555 g/mol. The van der Waals surface area contributed by atoms with Crippen LogP contribution in [-0.2, 0) is 30.6 Å². The first-order valence-electron chi connectivity index (χ1n) is 9.61. The van der Waals surface area contributed by atoms with Crippen LogP contribution in [-0.4, -0.2) is 66.2 Å². The van der Waals surface area contributed by atoms with Crippen molar-refractivity contribution in [3.05, 3.63) is 58.1 Å². The molecule has 1 amide bonds. The number of nitrogens with zero attached hydrogens (tertiary/aromatic N) is 2. The van der Waals surface area contributed by atoms with E-state index in [2.05, 4.69) is 5.32 Å². The summed E-state index contributed by atoms with van der Waals surface area (Å²) in [5, 5.41) is 3.83. The van der Waals surface area contributed by atoms with Crippen LogP contribution in [0.5, 0.6) is 0 Å². The molecule has 0 aliphatic rings. The van der Waals surface area contributed by atoms with E-state index in [1.807, 2.05) is 6.07 Å². The summed E-state index contributed by atoms with van der Waals surface area (Å²) >= 11 is 13.6. The van der Waals surface area contributed by atoms with E-state index in [1.165, 1.54) is 38.4 Å². The fourth-order valence-electron chi connectivity index (χ4n) is 2.67. The van der Waals surface area contributed by atoms with Crippen LogP contribution < -0.4 is 9.62 Å². The maximum Gasteiger partial charge on any atom is 0.242 e. The van der Waals surface area contributed by atoms with Gasteiger partial charge in [-0.05, 0) is 42.0 Å². The topological polar surface area (TPSA) is 104 Å². The second kappa shape index (κ2) is 11.8. The number of benzene rings is 2. The molecule has 0 atom stereocenters. The van der Waals surface area contributed by atoms with Gasteiger partial charge in [-0.3, -0.25) is 9.10 Å². The van der Waals surface area contributed by atoms with Crippen molar-refractivity contribution in [3.8, 4) is 0 Å². The number of hydrogen-bond acceptors (Lipinski definition) is 6. The van der Waals surface area contributed by atoms with Gasteiger partial charge >= 0.3 is 0 Å².